The smallest absolute Gasteiger partial charge is 0.241 e. The first-order valence-electron chi connectivity index (χ1n) is 6.55. The predicted octanol–water partition coefficient (Wildman–Crippen LogP) is 4.93. The maximum Gasteiger partial charge on any atom is 0.241 e. The fourth-order valence-corrected chi connectivity index (χ4v) is 2.25. The van der Waals surface area contributed by atoms with Crippen LogP contribution in [0.2, 0.25) is 19.6 Å². The molecule has 0 aromatic heterocycles. The van der Waals surface area contributed by atoms with E-state index in [2.05, 4.69) is 68.2 Å². The molecule has 0 aliphatic heterocycles. The molecule has 0 bridgehead atoms. The van der Waals surface area contributed by atoms with Crippen molar-refractivity contribution in [1.29, 1.82) is 0 Å². The molecule has 0 atom stereocenters. The molecule has 0 amide bonds. The molecular formula is C17H20OSi. The third kappa shape index (κ3) is 4.11. The molecule has 0 saturated carbocycles. The largest absolute Gasteiger partial charge is 0.549 e. The van der Waals surface area contributed by atoms with Crippen molar-refractivity contribution in [3.8, 4) is 0 Å². The summed E-state index contributed by atoms with van der Waals surface area (Å²) in [5.74, 6) is 0. The topological polar surface area (TPSA) is 9.23 Å². The Hall–Kier alpha value is -1.80. The van der Waals surface area contributed by atoms with Crippen molar-refractivity contribution in [1.82, 2.24) is 0 Å². The number of benzene rings is 2. The molecule has 98 valence electrons. The Bertz CT molecular complexity index is 497. The van der Waals surface area contributed by atoms with E-state index in [9.17, 15) is 0 Å². The van der Waals surface area contributed by atoms with Gasteiger partial charge in [-0.2, -0.15) is 0 Å². The van der Waals surface area contributed by atoms with Gasteiger partial charge in [0.25, 0.3) is 0 Å². The number of hydrogen-bond donors (Lipinski definition) is 0. The highest BCUT2D eigenvalue weighted by Crippen LogP contribution is 2.24. The first-order chi connectivity index (χ1) is 9.06. The van der Waals surface area contributed by atoms with E-state index in [1.807, 2.05) is 18.4 Å². The van der Waals surface area contributed by atoms with Crippen LogP contribution in [0, 0.1) is 0 Å². The minimum absolute atomic E-state index is 1.14. The van der Waals surface area contributed by atoms with Crippen molar-refractivity contribution in [3.63, 3.8) is 0 Å². The fraction of sp³-hybridized carbons (Fsp3) is 0.176. The third-order valence-electron chi connectivity index (χ3n) is 2.70. The number of hydrogen-bond acceptors (Lipinski definition) is 1. The molecule has 1 nitrogen and oxygen atoms in total. The summed E-state index contributed by atoms with van der Waals surface area (Å²) in [4.78, 5) is 0. The zero-order valence-electron chi connectivity index (χ0n) is 11.8. The van der Waals surface area contributed by atoms with Gasteiger partial charge in [0.05, 0.1) is 6.26 Å². The standard InChI is InChI=1S/C17H20OSi/c1-19(2,3)18-14-17(15-10-6-4-7-11-15)16-12-8-5-9-13-16/h4-14H,1-3H3. The van der Waals surface area contributed by atoms with Crippen LogP contribution in [0.4, 0.5) is 0 Å². The summed E-state index contributed by atoms with van der Waals surface area (Å²) < 4.78 is 5.98. The van der Waals surface area contributed by atoms with Gasteiger partial charge < -0.3 is 4.43 Å². The lowest BCUT2D eigenvalue weighted by molar-refractivity contribution is 0.482. The lowest BCUT2D eigenvalue weighted by atomic mass is 9.99. The van der Waals surface area contributed by atoms with E-state index in [-0.39, 0.29) is 0 Å². The quantitative estimate of drug-likeness (QED) is 0.564. The van der Waals surface area contributed by atoms with E-state index in [1.54, 1.807) is 0 Å². The second-order valence-electron chi connectivity index (χ2n) is 5.49. The van der Waals surface area contributed by atoms with E-state index in [0.29, 0.717) is 0 Å². The minimum Gasteiger partial charge on any atom is -0.549 e. The Balaban J connectivity index is 2.40. The first-order valence-corrected chi connectivity index (χ1v) is 9.96. The summed E-state index contributed by atoms with van der Waals surface area (Å²) in [7, 11) is -1.56. The van der Waals surface area contributed by atoms with Crippen LogP contribution in [0.15, 0.2) is 66.9 Å². The van der Waals surface area contributed by atoms with Crippen molar-refractivity contribution in [2.75, 3.05) is 0 Å². The summed E-state index contributed by atoms with van der Waals surface area (Å²) in [6.07, 6.45) is 1.93. The highest BCUT2D eigenvalue weighted by atomic mass is 28.4. The van der Waals surface area contributed by atoms with Gasteiger partial charge in [0.2, 0.25) is 8.32 Å². The molecule has 2 heteroatoms. The second kappa shape index (κ2) is 5.89. The Kier molecular flexibility index (Phi) is 4.22. The lowest BCUT2D eigenvalue weighted by Crippen LogP contribution is -2.22. The van der Waals surface area contributed by atoms with Crippen LogP contribution in [0.5, 0.6) is 0 Å². The van der Waals surface area contributed by atoms with Gasteiger partial charge in [-0.25, -0.2) is 0 Å². The Morgan fingerprint density at radius 3 is 1.58 bits per heavy atom. The molecule has 2 aromatic rings. The molecular weight excluding hydrogens is 248 g/mol. The van der Waals surface area contributed by atoms with Crippen LogP contribution in [-0.4, -0.2) is 8.32 Å². The maximum atomic E-state index is 5.98. The number of rotatable bonds is 4. The SMILES string of the molecule is C[Si](C)(C)OC=C(c1ccccc1)c1ccccc1. The molecule has 2 rings (SSSR count). The Morgan fingerprint density at radius 1 is 0.789 bits per heavy atom. The van der Waals surface area contributed by atoms with Crippen LogP contribution in [0.1, 0.15) is 11.1 Å². The summed E-state index contributed by atoms with van der Waals surface area (Å²) in [6, 6.07) is 20.8. The average molecular weight is 268 g/mol. The van der Waals surface area contributed by atoms with Gasteiger partial charge in [-0.1, -0.05) is 60.7 Å². The van der Waals surface area contributed by atoms with E-state index in [1.165, 1.54) is 11.1 Å². The molecule has 2 aromatic carbocycles. The van der Waals surface area contributed by atoms with Crippen LogP contribution in [0.25, 0.3) is 5.57 Å². The van der Waals surface area contributed by atoms with Crippen molar-refractivity contribution < 1.29 is 4.43 Å². The van der Waals surface area contributed by atoms with E-state index >= 15 is 0 Å². The van der Waals surface area contributed by atoms with Crippen molar-refractivity contribution in [2.45, 2.75) is 19.6 Å². The molecule has 0 fully saturated rings. The fourth-order valence-electron chi connectivity index (χ4n) is 1.77. The molecule has 0 saturated heterocycles. The molecule has 0 aliphatic carbocycles. The third-order valence-corrected chi connectivity index (χ3v) is 3.52. The van der Waals surface area contributed by atoms with Gasteiger partial charge in [0, 0.05) is 5.57 Å². The molecule has 0 unspecified atom stereocenters. The van der Waals surface area contributed by atoms with Crippen molar-refractivity contribution in [3.05, 3.63) is 78.1 Å². The zero-order valence-corrected chi connectivity index (χ0v) is 12.8. The molecule has 0 heterocycles. The first kappa shape index (κ1) is 13.6. The van der Waals surface area contributed by atoms with Gasteiger partial charge in [-0.3, -0.25) is 0 Å². The molecule has 0 spiro atoms. The minimum atomic E-state index is -1.56. The second-order valence-corrected chi connectivity index (χ2v) is 9.95. The van der Waals surface area contributed by atoms with Crippen LogP contribution >= 0.6 is 0 Å². The normalized spacial score (nSPS) is 10.9. The summed E-state index contributed by atoms with van der Waals surface area (Å²) >= 11 is 0. The van der Waals surface area contributed by atoms with Crippen LogP contribution < -0.4 is 0 Å². The summed E-state index contributed by atoms with van der Waals surface area (Å²) in [5, 5.41) is 0. The summed E-state index contributed by atoms with van der Waals surface area (Å²) in [5.41, 5.74) is 3.52. The van der Waals surface area contributed by atoms with E-state index < -0.39 is 8.32 Å². The molecule has 0 radical (unpaired) electrons. The van der Waals surface area contributed by atoms with Gasteiger partial charge in [0.15, 0.2) is 0 Å². The van der Waals surface area contributed by atoms with Gasteiger partial charge in [0.1, 0.15) is 0 Å². The van der Waals surface area contributed by atoms with E-state index in [4.69, 9.17) is 4.43 Å². The van der Waals surface area contributed by atoms with Crippen molar-refractivity contribution in [2.24, 2.45) is 0 Å². The van der Waals surface area contributed by atoms with E-state index in [0.717, 1.165) is 5.57 Å². The lowest BCUT2D eigenvalue weighted by Gasteiger charge is -2.17. The molecule has 0 aliphatic rings. The Morgan fingerprint density at radius 2 is 1.21 bits per heavy atom. The van der Waals surface area contributed by atoms with Crippen molar-refractivity contribution >= 4 is 13.9 Å². The van der Waals surface area contributed by atoms with Gasteiger partial charge in [-0.05, 0) is 30.8 Å². The van der Waals surface area contributed by atoms with Gasteiger partial charge in [-0.15, -0.1) is 0 Å². The maximum absolute atomic E-state index is 5.98. The predicted molar refractivity (Wildman–Crippen MR) is 84.4 cm³/mol. The van der Waals surface area contributed by atoms with Gasteiger partial charge >= 0.3 is 0 Å². The van der Waals surface area contributed by atoms with Crippen LogP contribution in [-0.2, 0) is 4.43 Å². The molecule has 19 heavy (non-hydrogen) atoms. The Labute approximate surface area is 116 Å². The highest BCUT2D eigenvalue weighted by molar-refractivity contribution is 6.69. The average Bonchev–Trinajstić information content (AvgIpc) is 2.40. The zero-order chi connectivity index (χ0) is 13.7. The monoisotopic (exact) mass is 268 g/mol. The molecule has 0 N–H and O–H groups in total. The highest BCUT2D eigenvalue weighted by Gasteiger charge is 2.15. The van der Waals surface area contributed by atoms with Crippen LogP contribution in [0.3, 0.4) is 0 Å². The summed E-state index contributed by atoms with van der Waals surface area (Å²) in [6.45, 7) is 6.57.